The fourth-order valence-electron chi connectivity index (χ4n) is 2.72. The zero-order valence-electron chi connectivity index (χ0n) is 12.2. The van der Waals surface area contributed by atoms with Crippen LogP contribution in [-0.4, -0.2) is 29.3 Å². The highest BCUT2D eigenvalue weighted by Crippen LogP contribution is 2.24. The molecule has 4 heteroatoms. The van der Waals surface area contributed by atoms with Gasteiger partial charge in [0.1, 0.15) is 0 Å². The van der Waals surface area contributed by atoms with Crippen LogP contribution >= 0.6 is 0 Å². The van der Waals surface area contributed by atoms with Gasteiger partial charge in [-0.2, -0.15) is 5.10 Å². The van der Waals surface area contributed by atoms with Crippen LogP contribution in [0.5, 0.6) is 0 Å². The fourth-order valence-corrected chi connectivity index (χ4v) is 2.72. The minimum atomic E-state index is 0.645. The van der Waals surface area contributed by atoms with Crippen molar-refractivity contribution in [3.8, 4) is 0 Å². The van der Waals surface area contributed by atoms with Gasteiger partial charge in [-0.1, -0.05) is 13.8 Å². The van der Waals surface area contributed by atoms with Gasteiger partial charge >= 0.3 is 0 Å². The molecule has 4 nitrogen and oxygen atoms in total. The summed E-state index contributed by atoms with van der Waals surface area (Å²) < 4.78 is 0. The lowest BCUT2D eigenvalue weighted by atomic mass is 10.0. The van der Waals surface area contributed by atoms with Gasteiger partial charge in [0.15, 0.2) is 5.82 Å². The molecule has 2 rings (SSSR count). The second kappa shape index (κ2) is 7.43. The number of hydrogen-bond acceptors (Lipinski definition) is 4. The van der Waals surface area contributed by atoms with Gasteiger partial charge in [0.25, 0.3) is 0 Å². The Labute approximate surface area is 116 Å². The van der Waals surface area contributed by atoms with Crippen LogP contribution in [0.3, 0.4) is 0 Å². The summed E-state index contributed by atoms with van der Waals surface area (Å²) >= 11 is 0. The van der Waals surface area contributed by atoms with Crippen molar-refractivity contribution >= 4 is 5.82 Å². The van der Waals surface area contributed by atoms with Crippen LogP contribution in [0.15, 0.2) is 12.1 Å². The Balaban J connectivity index is 1.96. The number of piperidine rings is 1. The maximum absolute atomic E-state index is 4.42. The van der Waals surface area contributed by atoms with Crippen LogP contribution in [0, 0.1) is 0 Å². The predicted molar refractivity (Wildman–Crippen MR) is 79.3 cm³/mol. The molecule has 0 amide bonds. The molecule has 1 aromatic rings. The average Bonchev–Trinajstić information content (AvgIpc) is 2.48. The van der Waals surface area contributed by atoms with E-state index < -0.39 is 0 Å². The molecular formula is C15H26N4. The van der Waals surface area contributed by atoms with Gasteiger partial charge in [-0.3, -0.25) is 0 Å². The van der Waals surface area contributed by atoms with Gasteiger partial charge < -0.3 is 10.2 Å². The van der Waals surface area contributed by atoms with E-state index in [4.69, 9.17) is 0 Å². The van der Waals surface area contributed by atoms with Crippen LogP contribution in [0.2, 0.25) is 0 Å². The Bertz CT molecular complexity index is 363. The summed E-state index contributed by atoms with van der Waals surface area (Å²) in [6.07, 6.45) is 6.26. The zero-order chi connectivity index (χ0) is 13.5. The standard InChI is InChI=1S/C15H26N4/c1-3-10-16-12-13-8-9-15(18-17-13)19-11-6-5-7-14(19)4-2/h8-9,14,16H,3-7,10-12H2,1-2H3. The van der Waals surface area contributed by atoms with E-state index >= 15 is 0 Å². The minimum Gasteiger partial charge on any atom is -0.352 e. The average molecular weight is 262 g/mol. The van der Waals surface area contributed by atoms with Crippen molar-refractivity contribution in [2.75, 3.05) is 18.0 Å². The van der Waals surface area contributed by atoms with E-state index in [1.54, 1.807) is 0 Å². The molecule has 0 aromatic carbocycles. The topological polar surface area (TPSA) is 41.0 Å². The first-order chi connectivity index (χ1) is 9.35. The molecule has 1 aliphatic rings. The first-order valence-electron chi connectivity index (χ1n) is 7.65. The Morgan fingerprint density at radius 2 is 2.16 bits per heavy atom. The van der Waals surface area contributed by atoms with Crippen LogP contribution in [0.4, 0.5) is 5.82 Å². The molecule has 106 valence electrons. The Kier molecular flexibility index (Phi) is 5.58. The van der Waals surface area contributed by atoms with Crippen molar-refractivity contribution in [3.63, 3.8) is 0 Å². The molecule has 1 unspecified atom stereocenters. The fraction of sp³-hybridized carbons (Fsp3) is 0.733. The third-order valence-electron chi connectivity index (χ3n) is 3.83. The molecule has 1 aromatic heterocycles. The van der Waals surface area contributed by atoms with E-state index in [1.165, 1.54) is 25.7 Å². The summed E-state index contributed by atoms with van der Waals surface area (Å²) in [5.74, 6) is 1.05. The summed E-state index contributed by atoms with van der Waals surface area (Å²) in [6, 6.07) is 4.88. The normalized spacial score (nSPS) is 19.7. The van der Waals surface area contributed by atoms with Crippen LogP contribution in [0.25, 0.3) is 0 Å². The molecule has 1 aliphatic heterocycles. The van der Waals surface area contributed by atoms with E-state index in [0.29, 0.717) is 6.04 Å². The molecule has 0 spiro atoms. The van der Waals surface area contributed by atoms with Crippen molar-refractivity contribution in [1.29, 1.82) is 0 Å². The molecule has 1 fully saturated rings. The largest absolute Gasteiger partial charge is 0.352 e. The second-order valence-corrected chi connectivity index (χ2v) is 5.31. The predicted octanol–water partition coefficient (Wildman–Crippen LogP) is 2.75. The Morgan fingerprint density at radius 3 is 2.84 bits per heavy atom. The van der Waals surface area contributed by atoms with Crippen molar-refractivity contribution < 1.29 is 0 Å². The third-order valence-corrected chi connectivity index (χ3v) is 3.83. The molecule has 2 heterocycles. The highest BCUT2D eigenvalue weighted by molar-refractivity contribution is 5.39. The molecule has 0 bridgehead atoms. The van der Waals surface area contributed by atoms with Crippen molar-refractivity contribution in [2.24, 2.45) is 0 Å². The number of hydrogen-bond donors (Lipinski definition) is 1. The molecule has 19 heavy (non-hydrogen) atoms. The van der Waals surface area contributed by atoms with E-state index in [2.05, 4.69) is 46.4 Å². The van der Waals surface area contributed by atoms with Crippen molar-refractivity contribution in [1.82, 2.24) is 15.5 Å². The van der Waals surface area contributed by atoms with Crippen LogP contribution in [0.1, 0.15) is 51.6 Å². The lowest BCUT2D eigenvalue weighted by Gasteiger charge is -2.35. The Hall–Kier alpha value is -1.16. The maximum Gasteiger partial charge on any atom is 0.151 e. The van der Waals surface area contributed by atoms with Crippen molar-refractivity contribution in [3.05, 3.63) is 17.8 Å². The molecule has 1 atom stereocenters. The number of nitrogens with one attached hydrogen (secondary N) is 1. The first kappa shape index (κ1) is 14.3. The SMILES string of the molecule is CCCNCc1ccc(N2CCCCC2CC)nn1. The van der Waals surface area contributed by atoms with Gasteiger partial charge in [-0.05, 0) is 50.8 Å². The minimum absolute atomic E-state index is 0.645. The number of anilines is 1. The highest BCUT2D eigenvalue weighted by atomic mass is 15.3. The van der Waals surface area contributed by atoms with Gasteiger partial charge in [0.05, 0.1) is 5.69 Å². The van der Waals surface area contributed by atoms with E-state index in [-0.39, 0.29) is 0 Å². The van der Waals surface area contributed by atoms with Crippen LogP contribution < -0.4 is 10.2 Å². The smallest absolute Gasteiger partial charge is 0.151 e. The summed E-state index contributed by atoms with van der Waals surface area (Å²) in [5.41, 5.74) is 1.03. The lowest BCUT2D eigenvalue weighted by molar-refractivity contribution is 0.445. The number of nitrogens with zero attached hydrogens (tertiary/aromatic N) is 3. The van der Waals surface area contributed by atoms with Gasteiger partial charge in [0.2, 0.25) is 0 Å². The van der Waals surface area contributed by atoms with Crippen molar-refractivity contribution in [2.45, 2.75) is 58.5 Å². The summed E-state index contributed by atoms with van der Waals surface area (Å²) in [7, 11) is 0. The maximum atomic E-state index is 4.42. The molecule has 0 aliphatic carbocycles. The molecule has 0 radical (unpaired) electrons. The summed E-state index contributed by atoms with van der Waals surface area (Å²) in [4.78, 5) is 2.43. The van der Waals surface area contributed by atoms with E-state index in [0.717, 1.165) is 37.6 Å². The van der Waals surface area contributed by atoms with Gasteiger partial charge in [0, 0.05) is 19.1 Å². The van der Waals surface area contributed by atoms with Crippen LogP contribution in [-0.2, 0) is 6.54 Å². The van der Waals surface area contributed by atoms with Gasteiger partial charge in [-0.15, -0.1) is 5.10 Å². The molecule has 1 N–H and O–H groups in total. The third kappa shape index (κ3) is 3.90. The van der Waals surface area contributed by atoms with E-state index in [1.807, 2.05) is 0 Å². The number of aromatic nitrogens is 2. The monoisotopic (exact) mass is 262 g/mol. The van der Waals surface area contributed by atoms with E-state index in [9.17, 15) is 0 Å². The molecular weight excluding hydrogens is 236 g/mol. The highest BCUT2D eigenvalue weighted by Gasteiger charge is 2.22. The summed E-state index contributed by atoms with van der Waals surface area (Å²) in [5, 5.41) is 12.1. The summed E-state index contributed by atoms with van der Waals surface area (Å²) in [6.45, 7) is 7.41. The lowest BCUT2D eigenvalue weighted by Crippen LogP contribution is -2.39. The first-order valence-corrected chi connectivity index (χ1v) is 7.65. The zero-order valence-corrected chi connectivity index (χ0v) is 12.2. The van der Waals surface area contributed by atoms with Gasteiger partial charge in [-0.25, -0.2) is 0 Å². The molecule has 1 saturated heterocycles. The Morgan fingerprint density at radius 1 is 1.26 bits per heavy atom. The quantitative estimate of drug-likeness (QED) is 0.800. The molecule has 0 saturated carbocycles. The second-order valence-electron chi connectivity index (χ2n) is 5.31. The number of rotatable bonds is 6.